The molecule has 0 saturated heterocycles. The Balaban J connectivity index is 2.63. The standard InChI is InChI=1S/C14H22N2O4S/c1-4-11(2)16(3)10-9-15-21(19,20)13-7-5-12(6-8-13)14(17)18/h5-8,11,15H,4,9-10H2,1-3H3,(H,17,18). The zero-order valence-electron chi connectivity index (χ0n) is 12.5. The van der Waals surface area contributed by atoms with E-state index in [1.165, 1.54) is 24.3 Å². The maximum atomic E-state index is 12.1. The normalized spacial score (nSPS) is 13.3. The van der Waals surface area contributed by atoms with Gasteiger partial charge in [-0.05, 0) is 44.7 Å². The van der Waals surface area contributed by atoms with Crippen molar-refractivity contribution in [3.05, 3.63) is 29.8 Å². The number of carboxylic acids is 1. The Morgan fingerprint density at radius 1 is 1.33 bits per heavy atom. The molecule has 0 aliphatic rings. The average molecular weight is 314 g/mol. The summed E-state index contributed by atoms with van der Waals surface area (Å²) in [6, 6.07) is 5.54. The molecule has 1 atom stereocenters. The largest absolute Gasteiger partial charge is 0.478 e. The Bertz CT molecular complexity index is 569. The highest BCUT2D eigenvalue weighted by Gasteiger charge is 2.15. The Morgan fingerprint density at radius 3 is 2.38 bits per heavy atom. The molecule has 0 spiro atoms. The maximum Gasteiger partial charge on any atom is 0.335 e. The molecule has 0 aliphatic carbocycles. The van der Waals surface area contributed by atoms with Gasteiger partial charge in [0.1, 0.15) is 0 Å². The molecular formula is C14H22N2O4S. The smallest absolute Gasteiger partial charge is 0.335 e. The van der Waals surface area contributed by atoms with Crippen molar-refractivity contribution >= 4 is 16.0 Å². The van der Waals surface area contributed by atoms with Crippen LogP contribution in [0.15, 0.2) is 29.2 Å². The number of carbonyl (C=O) groups is 1. The Hall–Kier alpha value is -1.44. The third kappa shape index (κ3) is 5.11. The highest BCUT2D eigenvalue weighted by Crippen LogP contribution is 2.10. The minimum absolute atomic E-state index is 0.0606. The van der Waals surface area contributed by atoms with Gasteiger partial charge in [-0.2, -0.15) is 0 Å². The molecule has 1 unspecified atom stereocenters. The van der Waals surface area contributed by atoms with Crippen LogP contribution in [0.2, 0.25) is 0 Å². The molecule has 6 nitrogen and oxygen atoms in total. The highest BCUT2D eigenvalue weighted by molar-refractivity contribution is 7.89. The molecule has 0 radical (unpaired) electrons. The predicted octanol–water partition coefficient (Wildman–Crippen LogP) is 1.39. The van der Waals surface area contributed by atoms with Gasteiger partial charge in [0.05, 0.1) is 10.5 Å². The van der Waals surface area contributed by atoms with Gasteiger partial charge in [0, 0.05) is 19.1 Å². The fourth-order valence-corrected chi connectivity index (χ4v) is 2.77. The monoisotopic (exact) mass is 314 g/mol. The van der Waals surface area contributed by atoms with Crippen LogP contribution < -0.4 is 4.72 Å². The van der Waals surface area contributed by atoms with Gasteiger partial charge in [-0.25, -0.2) is 17.9 Å². The van der Waals surface area contributed by atoms with E-state index in [1.54, 1.807) is 0 Å². The maximum absolute atomic E-state index is 12.1. The molecule has 1 rings (SSSR count). The fraction of sp³-hybridized carbons (Fsp3) is 0.500. The minimum Gasteiger partial charge on any atom is -0.478 e. The predicted molar refractivity (Wildman–Crippen MR) is 81.0 cm³/mol. The van der Waals surface area contributed by atoms with Gasteiger partial charge in [-0.1, -0.05) is 6.92 Å². The summed E-state index contributed by atoms with van der Waals surface area (Å²) in [7, 11) is -1.65. The summed E-state index contributed by atoms with van der Waals surface area (Å²) >= 11 is 0. The molecular weight excluding hydrogens is 292 g/mol. The highest BCUT2D eigenvalue weighted by atomic mass is 32.2. The van der Waals surface area contributed by atoms with E-state index >= 15 is 0 Å². The van der Waals surface area contributed by atoms with E-state index in [0.717, 1.165) is 6.42 Å². The van der Waals surface area contributed by atoms with Crippen molar-refractivity contribution in [2.75, 3.05) is 20.1 Å². The summed E-state index contributed by atoms with van der Waals surface area (Å²) in [6.07, 6.45) is 1.000. The van der Waals surface area contributed by atoms with Crippen LogP contribution >= 0.6 is 0 Å². The van der Waals surface area contributed by atoms with E-state index in [1.807, 2.05) is 7.05 Å². The molecule has 21 heavy (non-hydrogen) atoms. The second kappa shape index (κ2) is 7.53. The number of carboxylic acid groups (broad SMARTS) is 1. The first-order valence-electron chi connectivity index (χ1n) is 6.81. The number of hydrogen-bond acceptors (Lipinski definition) is 4. The molecule has 7 heteroatoms. The number of nitrogens with zero attached hydrogens (tertiary/aromatic N) is 1. The van der Waals surface area contributed by atoms with Gasteiger partial charge in [-0.3, -0.25) is 0 Å². The molecule has 0 heterocycles. The summed E-state index contributed by atoms with van der Waals surface area (Å²) < 4.78 is 26.6. The van der Waals surface area contributed by atoms with Gasteiger partial charge in [0.15, 0.2) is 0 Å². The number of rotatable bonds is 8. The summed E-state index contributed by atoms with van der Waals surface area (Å²) in [4.78, 5) is 12.9. The first kappa shape index (κ1) is 17.6. The van der Waals surface area contributed by atoms with Crippen LogP contribution in [0.25, 0.3) is 0 Å². The number of likely N-dealkylation sites (N-methyl/N-ethyl adjacent to an activating group) is 1. The number of nitrogens with one attached hydrogen (secondary N) is 1. The second-order valence-electron chi connectivity index (χ2n) is 4.97. The van der Waals surface area contributed by atoms with Crippen LogP contribution in [0.4, 0.5) is 0 Å². The number of sulfonamides is 1. The van der Waals surface area contributed by atoms with E-state index in [4.69, 9.17) is 5.11 Å². The topological polar surface area (TPSA) is 86.7 Å². The lowest BCUT2D eigenvalue weighted by atomic mass is 10.2. The Kier molecular flexibility index (Phi) is 6.32. The summed E-state index contributed by atoms with van der Waals surface area (Å²) in [5, 5.41) is 8.79. The van der Waals surface area contributed by atoms with Gasteiger partial charge in [0.25, 0.3) is 0 Å². The molecule has 2 N–H and O–H groups in total. The molecule has 1 aromatic carbocycles. The summed E-state index contributed by atoms with van der Waals surface area (Å²) in [6.45, 7) is 5.08. The second-order valence-corrected chi connectivity index (χ2v) is 6.73. The third-order valence-electron chi connectivity index (χ3n) is 3.51. The summed E-state index contributed by atoms with van der Waals surface area (Å²) in [5.74, 6) is -1.08. The van der Waals surface area contributed by atoms with Gasteiger partial charge < -0.3 is 10.0 Å². The molecule has 0 amide bonds. The Morgan fingerprint density at radius 2 is 1.90 bits per heavy atom. The molecule has 0 bridgehead atoms. The van der Waals surface area contributed by atoms with Crippen LogP contribution in [0.1, 0.15) is 30.6 Å². The molecule has 0 aromatic heterocycles. The molecule has 1 aromatic rings. The number of hydrogen-bond donors (Lipinski definition) is 2. The number of benzene rings is 1. The van der Waals surface area contributed by atoms with Crippen LogP contribution in [-0.2, 0) is 10.0 Å². The lowest BCUT2D eigenvalue weighted by Crippen LogP contribution is -2.37. The van der Waals surface area contributed by atoms with E-state index in [9.17, 15) is 13.2 Å². The van der Waals surface area contributed by atoms with E-state index < -0.39 is 16.0 Å². The lowest BCUT2D eigenvalue weighted by molar-refractivity contribution is 0.0696. The van der Waals surface area contributed by atoms with Crippen molar-refractivity contribution in [1.82, 2.24) is 9.62 Å². The van der Waals surface area contributed by atoms with Gasteiger partial charge in [0.2, 0.25) is 10.0 Å². The number of aromatic carboxylic acids is 1. The zero-order chi connectivity index (χ0) is 16.0. The molecule has 0 aliphatic heterocycles. The van der Waals surface area contributed by atoms with Crippen molar-refractivity contribution < 1.29 is 18.3 Å². The SMILES string of the molecule is CCC(C)N(C)CCNS(=O)(=O)c1ccc(C(=O)O)cc1. The first-order chi connectivity index (χ1) is 9.77. The van der Waals surface area contributed by atoms with E-state index in [-0.39, 0.29) is 10.5 Å². The fourth-order valence-electron chi connectivity index (χ4n) is 1.75. The van der Waals surface area contributed by atoms with Crippen molar-refractivity contribution in [2.24, 2.45) is 0 Å². The van der Waals surface area contributed by atoms with Crippen molar-refractivity contribution in [1.29, 1.82) is 0 Å². The third-order valence-corrected chi connectivity index (χ3v) is 4.99. The molecule has 0 saturated carbocycles. The van der Waals surface area contributed by atoms with Crippen molar-refractivity contribution in [3.8, 4) is 0 Å². The van der Waals surface area contributed by atoms with Crippen molar-refractivity contribution in [2.45, 2.75) is 31.2 Å². The minimum atomic E-state index is -3.60. The van der Waals surface area contributed by atoms with Crippen molar-refractivity contribution in [3.63, 3.8) is 0 Å². The quantitative estimate of drug-likeness (QED) is 0.757. The zero-order valence-corrected chi connectivity index (χ0v) is 13.4. The molecule has 0 fully saturated rings. The summed E-state index contributed by atoms with van der Waals surface area (Å²) in [5.41, 5.74) is 0.0606. The van der Waals surface area contributed by atoms with E-state index in [2.05, 4.69) is 23.5 Å². The Labute approximate surface area is 125 Å². The van der Waals surface area contributed by atoms with Gasteiger partial charge in [-0.15, -0.1) is 0 Å². The van der Waals surface area contributed by atoms with E-state index in [0.29, 0.717) is 19.1 Å². The van der Waals surface area contributed by atoms with Crippen LogP contribution in [-0.4, -0.2) is 50.6 Å². The van der Waals surface area contributed by atoms with Gasteiger partial charge >= 0.3 is 5.97 Å². The average Bonchev–Trinajstić information content (AvgIpc) is 2.46. The lowest BCUT2D eigenvalue weighted by Gasteiger charge is -2.23. The first-order valence-corrected chi connectivity index (χ1v) is 8.29. The van der Waals surface area contributed by atoms with Crippen LogP contribution in [0.3, 0.4) is 0 Å². The van der Waals surface area contributed by atoms with Crippen LogP contribution in [0.5, 0.6) is 0 Å². The molecule has 118 valence electrons. The van der Waals surface area contributed by atoms with Crippen LogP contribution in [0, 0.1) is 0 Å².